The molecule has 2 saturated carbocycles. The quantitative estimate of drug-likeness (QED) is 0.910. The fraction of sp³-hybridized carbons (Fsp3) is 0.600. The Bertz CT molecular complexity index is 668. The number of carbonyl (C=O) groups excluding carboxylic acids is 2. The van der Waals surface area contributed by atoms with Crippen LogP contribution < -0.4 is 5.73 Å². The van der Waals surface area contributed by atoms with Gasteiger partial charge < -0.3 is 10.6 Å². The summed E-state index contributed by atoms with van der Waals surface area (Å²) in [7, 11) is 0. The lowest BCUT2D eigenvalue weighted by molar-refractivity contribution is -0.136. The lowest BCUT2D eigenvalue weighted by Gasteiger charge is -2.47. The molecule has 0 bridgehead atoms. The second-order valence-corrected chi connectivity index (χ2v) is 7.89. The van der Waals surface area contributed by atoms with Gasteiger partial charge in [0.25, 0.3) is 0 Å². The van der Waals surface area contributed by atoms with Crippen LogP contribution in [0.25, 0.3) is 0 Å². The van der Waals surface area contributed by atoms with E-state index in [9.17, 15) is 9.59 Å². The van der Waals surface area contributed by atoms with E-state index in [-0.39, 0.29) is 5.92 Å². The Hall–Kier alpha value is -1.88. The summed E-state index contributed by atoms with van der Waals surface area (Å²) < 4.78 is 0. The van der Waals surface area contributed by atoms with Gasteiger partial charge in [-0.3, -0.25) is 14.5 Å². The van der Waals surface area contributed by atoms with Crippen LogP contribution in [0.3, 0.4) is 0 Å². The third kappa shape index (κ3) is 3.17. The summed E-state index contributed by atoms with van der Waals surface area (Å²) in [6.07, 6.45) is 4.93. The van der Waals surface area contributed by atoms with Gasteiger partial charge in [0, 0.05) is 43.2 Å². The fourth-order valence-corrected chi connectivity index (χ4v) is 4.40. The van der Waals surface area contributed by atoms with Crippen LogP contribution in [0.5, 0.6) is 0 Å². The van der Waals surface area contributed by atoms with Crippen molar-refractivity contribution < 1.29 is 9.59 Å². The van der Waals surface area contributed by atoms with Crippen LogP contribution >= 0.6 is 0 Å². The molecule has 134 valence electrons. The standard InChI is InChI=1S/C20H27N3O2/c1-13-12-22(9-10-23(13)16-3-2-4-16)20(25)18-11-17(18)14-5-7-15(8-6-14)19(21)24/h5-8,13,16-18H,2-4,9-12H2,1H3,(H2,21,24)/t13-,17-,18+/m1/s1. The van der Waals surface area contributed by atoms with Gasteiger partial charge in [-0.15, -0.1) is 0 Å². The van der Waals surface area contributed by atoms with Gasteiger partial charge in [-0.1, -0.05) is 18.6 Å². The average molecular weight is 341 g/mol. The molecular formula is C20H27N3O2. The number of benzene rings is 1. The van der Waals surface area contributed by atoms with Gasteiger partial charge in [0.2, 0.25) is 11.8 Å². The predicted octanol–water partition coefficient (Wildman–Crippen LogP) is 1.97. The first-order valence-corrected chi connectivity index (χ1v) is 9.49. The summed E-state index contributed by atoms with van der Waals surface area (Å²) in [6, 6.07) is 8.62. The average Bonchev–Trinajstić information content (AvgIpc) is 3.35. The number of hydrogen-bond donors (Lipinski definition) is 1. The van der Waals surface area contributed by atoms with Crippen LogP contribution in [0, 0.1) is 5.92 Å². The molecule has 3 atom stereocenters. The number of hydrogen-bond acceptors (Lipinski definition) is 3. The van der Waals surface area contributed by atoms with Gasteiger partial charge in [0.05, 0.1) is 0 Å². The van der Waals surface area contributed by atoms with Crippen molar-refractivity contribution in [1.29, 1.82) is 0 Å². The third-order valence-electron chi connectivity index (χ3n) is 6.27. The summed E-state index contributed by atoms with van der Waals surface area (Å²) in [5, 5.41) is 0. The molecule has 0 spiro atoms. The van der Waals surface area contributed by atoms with Crippen LogP contribution in [-0.2, 0) is 4.79 Å². The summed E-state index contributed by atoms with van der Waals surface area (Å²) >= 11 is 0. The van der Waals surface area contributed by atoms with Crippen LogP contribution in [0.1, 0.15) is 54.4 Å². The molecular weight excluding hydrogens is 314 g/mol. The van der Waals surface area contributed by atoms with E-state index in [1.807, 2.05) is 12.1 Å². The molecule has 2 N–H and O–H groups in total. The van der Waals surface area contributed by atoms with Gasteiger partial charge in [-0.2, -0.15) is 0 Å². The Morgan fingerprint density at radius 2 is 1.84 bits per heavy atom. The maximum absolute atomic E-state index is 12.9. The maximum Gasteiger partial charge on any atom is 0.248 e. The van der Waals surface area contributed by atoms with E-state index in [2.05, 4.69) is 16.7 Å². The summed E-state index contributed by atoms with van der Waals surface area (Å²) in [6.45, 7) is 5.00. The highest BCUT2D eigenvalue weighted by atomic mass is 16.2. The molecule has 3 aliphatic rings. The summed E-state index contributed by atoms with van der Waals surface area (Å²) in [5.41, 5.74) is 6.95. The maximum atomic E-state index is 12.9. The van der Waals surface area contributed by atoms with Gasteiger partial charge in [0.1, 0.15) is 0 Å². The van der Waals surface area contributed by atoms with Crippen molar-refractivity contribution in [3.63, 3.8) is 0 Å². The SMILES string of the molecule is C[C@@H]1CN(C(=O)[C@H]2C[C@@H]2c2ccc(C(N)=O)cc2)CCN1C1CCC1. The first-order chi connectivity index (χ1) is 12.0. The number of rotatable bonds is 4. The fourth-order valence-electron chi connectivity index (χ4n) is 4.40. The lowest BCUT2D eigenvalue weighted by atomic mass is 9.89. The second-order valence-electron chi connectivity index (χ2n) is 7.89. The van der Waals surface area contributed by atoms with Crippen molar-refractivity contribution in [3.8, 4) is 0 Å². The Balaban J connectivity index is 1.34. The van der Waals surface area contributed by atoms with Crippen molar-refractivity contribution in [2.24, 2.45) is 11.7 Å². The largest absolute Gasteiger partial charge is 0.366 e. The van der Waals surface area contributed by atoms with Crippen LogP contribution in [0.4, 0.5) is 0 Å². The minimum Gasteiger partial charge on any atom is -0.366 e. The number of nitrogens with zero attached hydrogens (tertiary/aromatic N) is 2. The van der Waals surface area contributed by atoms with Crippen LogP contribution in [0.2, 0.25) is 0 Å². The van der Waals surface area contributed by atoms with E-state index in [4.69, 9.17) is 5.73 Å². The van der Waals surface area contributed by atoms with Crippen molar-refractivity contribution >= 4 is 11.8 Å². The number of nitrogens with two attached hydrogens (primary N) is 1. The zero-order chi connectivity index (χ0) is 17.6. The summed E-state index contributed by atoms with van der Waals surface area (Å²) in [5.74, 6) is 0.314. The van der Waals surface area contributed by atoms with E-state index < -0.39 is 5.91 Å². The van der Waals surface area contributed by atoms with E-state index in [0.717, 1.165) is 37.7 Å². The minimum absolute atomic E-state index is 0.113. The van der Waals surface area contributed by atoms with E-state index in [0.29, 0.717) is 23.4 Å². The zero-order valence-electron chi connectivity index (χ0n) is 14.9. The Morgan fingerprint density at radius 3 is 2.40 bits per heavy atom. The monoisotopic (exact) mass is 341 g/mol. The van der Waals surface area contributed by atoms with Gasteiger partial charge in [-0.05, 0) is 49.8 Å². The highest BCUT2D eigenvalue weighted by molar-refractivity contribution is 5.92. The molecule has 0 unspecified atom stereocenters. The molecule has 0 radical (unpaired) electrons. The molecule has 5 nitrogen and oxygen atoms in total. The molecule has 1 aromatic carbocycles. The molecule has 0 aromatic heterocycles. The molecule has 4 rings (SSSR count). The molecule has 3 fully saturated rings. The van der Waals surface area contributed by atoms with Crippen LogP contribution in [0.15, 0.2) is 24.3 Å². The third-order valence-corrected chi connectivity index (χ3v) is 6.27. The number of piperazine rings is 1. The second kappa shape index (κ2) is 6.45. The molecule has 1 aromatic rings. The molecule has 1 aliphatic heterocycles. The Morgan fingerprint density at radius 1 is 1.12 bits per heavy atom. The van der Waals surface area contributed by atoms with Gasteiger partial charge >= 0.3 is 0 Å². The molecule has 1 heterocycles. The Kier molecular flexibility index (Phi) is 4.28. The highest BCUT2D eigenvalue weighted by Crippen LogP contribution is 2.48. The van der Waals surface area contributed by atoms with Gasteiger partial charge in [-0.25, -0.2) is 0 Å². The molecule has 2 aliphatic carbocycles. The van der Waals surface area contributed by atoms with E-state index in [1.54, 1.807) is 12.1 Å². The van der Waals surface area contributed by atoms with Crippen molar-refractivity contribution in [1.82, 2.24) is 9.80 Å². The molecule has 1 saturated heterocycles. The Labute approximate surface area is 149 Å². The highest BCUT2D eigenvalue weighted by Gasteiger charge is 2.47. The summed E-state index contributed by atoms with van der Waals surface area (Å²) in [4.78, 5) is 28.7. The normalized spacial score (nSPS) is 30.0. The van der Waals surface area contributed by atoms with E-state index in [1.165, 1.54) is 19.3 Å². The molecule has 2 amide bonds. The van der Waals surface area contributed by atoms with Crippen molar-refractivity contribution in [2.75, 3.05) is 19.6 Å². The smallest absolute Gasteiger partial charge is 0.248 e. The number of amides is 2. The zero-order valence-corrected chi connectivity index (χ0v) is 14.9. The van der Waals surface area contributed by atoms with Crippen molar-refractivity contribution in [3.05, 3.63) is 35.4 Å². The topological polar surface area (TPSA) is 66.6 Å². The van der Waals surface area contributed by atoms with Crippen molar-refractivity contribution in [2.45, 2.75) is 50.6 Å². The van der Waals surface area contributed by atoms with Crippen LogP contribution in [-0.4, -0.2) is 53.3 Å². The molecule has 5 heteroatoms. The minimum atomic E-state index is -0.409. The molecule has 25 heavy (non-hydrogen) atoms. The lowest BCUT2D eigenvalue weighted by Crippen LogP contribution is -2.58. The predicted molar refractivity (Wildman–Crippen MR) is 96.2 cm³/mol. The van der Waals surface area contributed by atoms with E-state index >= 15 is 0 Å². The number of carbonyl (C=O) groups is 2. The van der Waals surface area contributed by atoms with Gasteiger partial charge in [0.15, 0.2) is 0 Å². The number of primary amides is 1. The first-order valence-electron chi connectivity index (χ1n) is 9.49. The first kappa shape index (κ1) is 16.6.